The van der Waals surface area contributed by atoms with Crippen molar-refractivity contribution in [3.8, 4) is 11.5 Å². The van der Waals surface area contributed by atoms with Crippen LogP contribution in [0.3, 0.4) is 0 Å². The number of aromatic nitrogens is 2. The smallest absolute Gasteiger partial charge is 0.266 e. The fourth-order valence-corrected chi connectivity index (χ4v) is 4.63. The zero-order valence-electron chi connectivity index (χ0n) is 21.3. The number of piperidine rings is 1. The number of fused-ring (bicyclic) bond motifs is 1. The van der Waals surface area contributed by atoms with Crippen LogP contribution in [0.1, 0.15) is 25.7 Å². The predicted molar refractivity (Wildman–Crippen MR) is 152 cm³/mol. The van der Waals surface area contributed by atoms with Crippen molar-refractivity contribution >= 4 is 57.2 Å². The van der Waals surface area contributed by atoms with Gasteiger partial charge in [-0.2, -0.15) is 0 Å². The summed E-state index contributed by atoms with van der Waals surface area (Å²) in [6.45, 7) is 6.86. The Morgan fingerprint density at radius 2 is 1.76 bits per heavy atom. The topological polar surface area (TPSA) is 88.6 Å². The number of nitrogens with one attached hydrogen (secondary N) is 2. The number of benzene rings is 2. The summed E-state index contributed by atoms with van der Waals surface area (Å²) in [5, 5.41) is 7.21. The minimum Gasteiger partial charge on any atom is -0.492 e. The van der Waals surface area contributed by atoms with E-state index in [0.29, 0.717) is 64.0 Å². The number of hydrogen-bond donors (Lipinski definition) is 2. The highest BCUT2D eigenvalue weighted by Gasteiger charge is 2.23. The average Bonchev–Trinajstić information content (AvgIpc) is 3.73. The summed E-state index contributed by atoms with van der Waals surface area (Å²) in [6, 6.07) is 9.14. The second-order valence-corrected chi connectivity index (χ2v) is 10.9. The summed E-state index contributed by atoms with van der Waals surface area (Å²) in [5.41, 5.74) is 1.88. The fourth-order valence-electron chi connectivity index (χ4n) is 4.35. The van der Waals surface area contributed by atoms with E-state index in [0.717, 1.165) is 31.6 Å². The van der Waals surface area contributed by atoms with E-state index < -0.39 is 5.91 Å². The quantitative estimate of drug-likeness (QED) is 0.287. The molecule has 1 saturated carbocycles. The molecule has 0 bridgehead atoms. The lowest BCUT2D eigenvalue weighted by molar-refractivity contribution is -0.112. The molecule has 0 atom stereocenters. The molecule has 38 heavy (non-hydrogen) atoms. The molecular weight excluding hydrogens is 525 g/mol. The first-order valence-corrected chi connectivity index (χ1v) is 13.6. The Morgan fingerprint density at radius 1 is 1.05 bits per heavy atom. The van der Waals surface area contributed by atoms with Crippen LogP contribution in [0.25, 0.3) is 10.9 Å². The van der Waals surface area contributed by atoms with Crippen LogP contribution in [0.2, 0.25) is 5.02 Å². The molecular formula is C28H31Cl2N5O3. The minimum absolute atomic E-state index is 0.118. The van der Waals surface area contributed by atoms with Gasteiger partial charge in [0, 0.05) is 17.1 Å². The lowest BCUT2D eigenvalue weighted by atomic mass is 9.98. The molecule has 2 heterocycles. The van der Waals surface area contributed by atoms with Crippen LogP contribution in [0.4, 0.5) is 17.2 Å². The van der Waals surface area contributed by atoms with Gasteiger partial charge in [0.15, 0.2) is 0 Å². The summed E-state index contributed by atoms with van der Waals surface area (Å²) in [5.74, 6) is 2.31. The fraction of sp³-hybridized carbons (Fsp3) is 0.393. The standard InChI is InChI=1S/C28H31Cl2N5O3/c1-17(29)28(36)34-24-12-21-23(13-26(24)38-15-19-7-9-35(2)10-8-19)31-16-32-27(21)33-20-5-6-25(22(30)11-20)37-14-18-3-4-18/h5-6,11-13,16,18-19H,1,3-4,7-10,14-15H2,2H3,(H,34,36)(H,31,32,33). The van der Waals surface area contributed by atoms with Gasteiger partial charge in [0.25, 0.3) is 5.91 Å². The van der Waals surface area contributed by atoms with Gasteiger partial charge in [-0.15, -0.1) is 0 Å². The summed E-state index contributed by atoms with van der Waals surface area (Å²) in [4.78, 5) is 23.6. The molecule has 3 aromatic rings. The van der Waals surface area contributed by atoms with E-state index in [9.17, 15) is 4.79 Å². The number of halogens is 2. The highest BCUT2D eigenvalue weighted by Crippen LogP contribution is 2.36. The molecule has 2 fully saturated rings. The first-order chi connectivity index (χ1) is 18.4. The minimum atomic E-state index is -0.505. The largest absolute Gasteiger partial charge is 0.492 e. The van der Waals surface area contributed by atoms with Gasteiger partial charge in [-0.05, 0) is 81.9 Å². The first kappa shape index (κ1) is 26.5. The van der Waals surface area contributed by atoms with E-state index in [4.69, 9.17) is 32.7 Å². The average molecular weight is 556 g/mol. The number of carbonyl (C=O) groups is 1. The second-order valence-electron chi connectivity index (χ2n) is 10.0. The molecule has 2 aliphatic rings. The Morgan fingerprint density at radius 3 is 2.45 bits per heavy atom. The van der Waals surface area contributed by atoms with Gasteiger partial charge in [0.1, 0.15) is 23.6 Å². The molecule has 5 rings (SSSR count). The molecule has 1 saturated heterocycles. The van der Waals surface area contributed by atoms with Gasteiger partial charge in [-0.1, -0.05) is 29.8 Å². The molecule has 0 unspecified atom stereocenters. The van der Waals surface area contributed by atoms with Crippen LogP contribution in [-0.4, -0.2) is 54.1 Å². The van der Waals surface area contributed by atoms with Crippen molar-refractivity contribution in [1.82, 2.24) is 14.9 Å². The van der Waals surface area contributed by atoms with Gasteiger partial charge in [0.05, 0.1) is 34.5 Å². The molecule has 0 radical (unpaired) electrons. The third kappa shape index (κ3) is 6.67. The van der Waals surface area contributed by atoms with Crippen molar-refractivity contribution in [3.05, 3.63) is 53.3 Å². The zero-order valence-corrected chi connectivity index (χ0v) is 22.8. The summed E-state index contributed by atoms with van der Waals surface area (Å²) in [7, 11) is 2.13. The highest BCUT2D eigenvalue weighted by atomic mass is 35.5. The van der Waals surface area contributed by atoms with Gasteiger partial charge in [-0.25, -0.2) is 9.97 Å². The Bertz CT molecular complexity index is 1340. The van der Waals surface area contributed by atoms with Crippen LogP contribution >= 0.6 is 23.2 Å². The van der Waals surface area contributed by atoms with E-state index in [1.807, 2.05) is 18.2 Å². The predicted octanol–water partition coefficient (Wildman–Crippen LogP) is 6.23. The maximum Gasteiger partial charge on any atom is 0.266 e. The van der Waals surface area contributed by atoms with Crippen molar-refractivity contribution in [2.24, 2.45) is 11.8 Å². The van der Waals surface area contributed by atoms with Crippen LogP contribution in [-0.2, 0) is 4.79 Å². The third-order valence-corrected chi connectivity index (χ3v) is 7.38. The van der Waals surface area contributed by atoms with Crippen LogP contribution in [0.15, 0.2) is 48.3 Å². The Hall–Kier alpha value is -3.07. The highest BCUT2D eigenvalue weighted by molar-refractivity contribution is 6.43. The first-order valence-electron chi connectivity index (χ1n) is 12.8. The molecule has 1 amide bonds. The van der Waals surface area contributed by atoms with Crippen molar-refractivity contribution in [2.75, 3.05) is 44.0 Å². The number of nitrogens with zero attached hydrogens (tertiary/aromatic N) is 3. The van der Waals surface area contributed by atoms with Crippen molar-refractivity contribution < 1.29 is 14.3 Å². The Kier molecular flexibility index (Phi) is 8.21. The molecule has 1 aliphatic heterocycles. The molecule has 2 N–H and O–H groups in total. The monoisotopic (exact) mass is 555 g/mol. The van der Waals surface area contributed by atoms with Crippen LogP contribution in [0.5, 0.6) is 11.5 Å². The SMILES string of the molecule is C=C(Cl)C(=O)Nc1cc2c(Nc3ccc(OCC4CC4)c(Cl)c3)ncnc2cc1OCC1CCN(C)CC1. The number of amides is 1. The van der Waals surface area contributed by atoms with Crippen LogP contribution < -0.4 is 20.1 Å². The number of anilines is 3. The Labute approximate surface area is 232 Å². The molecule has 0 spiro atoms. The maximum absolute atomic E-state index is 12.4. The summed E-state index contributed by atoms with van der Waals surface area (Å²) < 4.78 is 12.0. The number of likely N-dealkylation sites (tertiary alicyclic amines) is 1. The number of carbonyl (C=O) groups excluding carboxylic acids is 1. The van der Waals surface area contributed by atoms with Gasteiger partial charge in [-0.3, -0.25) is 4.79 Å². The summed E-state index contributed by atoms with van der Waals surface area (Å²) in [6.07, 6.45) is 6.04. The second kappa shape index (κ2) is 11.8. The van der Waals surface area contributed by atoms with Crippen molar-refractivity contribution in [2.45, 2.75) is 25.7 Å². The van der Waals surface area contributed by atoms with Gasteiger partial charge in [0.2, 0.25) is 0 Å². The molecule has 1 aromatic heterocycles. The van der Waals surface area contributed by atoms with Crippen LogP contribution in [0, 0.1) is 11.8 Å². The van der Waals surface area contributed by atoms with E-state index in [1.54, 1.807) is 12.1 Å². The zero-order chi connectivity index (χ0) is 26.6. The molecule has 200 valence electrons. The van der Waals surface area contributed by atoms with Crippen molar-refractivity contribution in [1.29, 1.82) is 0 Å². The Balaban J connectivity index is 1.39. The van der Waals surface area contributed by atoms with Gasteiger partial charge >= 0.3 is 0 Å². The number of hydrogen-bond acceptors (Lipinski definition) is 7. The number of ether oxygens (including phenoxy) is 2. The third-order valence-electron chi connectivity index (χ3n) is 6.91. The number of rotatable bonds is 10. The van der Waals surface area contributed by atoms with E-state index in [1.165, 1.54) is 19.2 Å². The molecule has 10 heteroatoms. The van der Waals surface area contributed by atoms with Gasteiger partial charge < -0.3 is 25.0 Å². The van der Waals surface area contributed by atoms with E-state index in [-0.39, 0.29) is 5.03 Å². The van der Waals surface area contributed by atoms with E-state index in [2.05, 4.69) is 39.1 Å². The molecule has 1 aliphatic carbocycles. The lowest BCUT2D eigenvalue weighted by Gasteiger charge is -2.29. The lowest BCUT2D eigenvalue weighted by Crippen LogP contribution is -2.32. The normalized spacial score (nSPS) is 16.3. The summed E-state index contributed by atoms with van der Waals surface area (Å²) >= 11 is 12.3. The molecule has 8 nitrogen and oxygen atoms in total. The van der Waals surface area contributed by atoms with Crippen molar-refractivity contribution in [3.63, 3.8) is 0 Å². The molecule has 2 aromatic carbocycles. The maximum atomic E-state index is 12.4. The van der Waals surface area contributed by atoms with E-state index >= 15 is 0 Å².